The second-order valence-electron chi connectivity index (χ2n) is 4.12. The summed E-state index contributed by atoms with van der Waals surface area (Å²) in [6.45, 7) is 2.55. The monoisotopic (exact) mass is 325 g/mol. The highest BCUT2D eigenvalue weighted by atomic mass is 35.5. The second kappa shape index (κ2) is 7.24. The summed E-state index contributed by atoms with van der Waals surface area (Å²) in [5.74, 6) is -0.0253. The van der Waals surface area contributed by atoms with Crippen molar-refractivity contribution in [3.63, 3.8) is 0 Å². The highest BCUT2D eigenvalue weighted by molar-refractivity contribution is 6.42. The van der Waals surface area contributed by atoms with Gasteiger partial charge >= 0.3 is 5.97 Å². The van der Waals surface area contributed by atoms with E-state index in [9.17, 15) is 4.79 Å². The molecule has 2 aromatic rings. The van der Waals surface area contributed by atoms with Crippen LogP contribution in [0.25, 0.3) is 0 Å². The number of anilines is 1. The lowest BCUT2D eigenvalue weighted by Crippen LogP contribution is -2.08. The molecule has 0 spiro atoms. The van der Waals surface area contributed by atoms with E-state index in [0.717, 1.165) is 5.56 Å². The van der Waals surface area contributed by atoms with Crippen LogP contribution in [0.1, 0.15) is 22.8 Å². The Balaban J connectivity index is 1.97. The fourth-order valence-corrected chi connectivity index (χ4v) is 1.89. The van der Waals surface area contributed by atoms with E-state index >= 15 is 0 Å². The van der Waals surface area contributed by atoms with Crippen LogP contribution in [0.15, 0.2) is 30.6 Å². The largest absolute Gasteiger partial charge is 0.462 e. The maximum Gasteiger partial charge on any atom is 0.341 e. The predicted octanol–water partition coefficient (Wildman–Crippen LogP) is 3.57. The van der Waals surface area contributed by atoms with Gasteiger partial charge in [0.05, 0.1) is 22.2 Å². The third kappa shape index (κ3) is 4.31. The maximum atomic E-state index is 11.5. The van der Waals surface area contributed by atoms with Gasteiger partial charge in [-0.05, 0) is 24.6 Å². The highest BCUT2D eigenvalue weighted by Gasteiger charge is 2.07. The van der Waals surface area contributed by atoms with Crippen molar-refractivity contribution < 1.29 is 9.53 Å². The van der Waals surface area contributed by atoms with Crippen molar-refractivity contribution in [1.29, 1.82) is 0 Å². The zero-order valence-corrected chi connectivity index (χ0v) is 12.8. The van der Waals surface area contributed by atoms with Crippen molar-refractivity contribution >= 4 is 35.1 Å². The number of carbonyl (C=O) groups excluding carboxylic acids is 1. The Morgan fingerprint density at radius 3 is 2.57 bits per heavy atom. The Hall–Kier alpha value is -1.85. The van der Waals surface area contributed by atoms with Gasteiger partial charge in [-0.3, -0.25) is 0 Å². The molecule has 0 aliphatic heterocycles. The Morgan fingerprint density at radius 1 is 1.24 bits per heavy atom. The molecule has 0 saturated heterocycles. The summed E-state index contributed by atoms with van der Waals surface area (Å²) in [6, 6.07) is 5.35. The summed E-state index contributed by atoms with van der Waals surface area (Å²) >= 11 is 11.8. The first kappa shape index (κ1) is 15.5. The van der Waals surface area contributed by atoms with E-state index in [2.05, 4.69) is 15.3 Å². The number of hydrogen-bond donors (Lipinski definition) is 1. The minimum absolute atomic E-state index is 0.316. The van der Waals surface area contributed by atoms with E-state index in [-0.39, 0.29) is 0 Å². The Kier molecular flexibility index (Phi) is 5.36. The third-order valence-corrected chi connectivity index (χ3v) is 3.34. The van der Waals surface area contributed by atoms with Crippen molar-refractivity contribution in [3.05, 3.63) is 51.8 Å². The topological polar surface area (TPSA) is 64.1 Å². The van der Waals surface area contributed by atoms with Gasteiger partial charge < -0.3 is 10.1 Å². The molecule has 0 atom stereocenters. The molecule has 7 heteroatoms. The molecule has 110 valence electrons. The summed E-state index contributed by atoms with van der Waals surface area (Å²) in [6.07, 6.45) is 2.84. The SMILES string of the molecule is CCOC(=O)c1cnc(NCc2ccc(Cl)c(Cl)c2)nc1. The second-order valence-corrected chi connectivity index (χ2v) is 4.93. The van der Waals surface area contributed by atoms with E-state index in [0.29, 0.717) is 34.7 Å². The molecule has 1 aromatic heterocycles. The zero-order valence-electron chi connectivity index (χ0n) is 11.3. The van der Waals surface area contributed by atoms with Gasteiger partial charge in [0.2, 0.25) is 5.95 Å². The Bertz CT molecular complexity index is 633. The molecule has 0 aliphatic rings. The van der Waals surface area contributed by atoms with Crippen molar-refractivity contribution in [2.75, 3.05) is 11.9 Å². The number of nitrogens with zero attached hydrogens (tertiary/aromatic N) is 2. The minimum atomic E-state index is -0.437. The summed E-state index contributed by atoms with van der Waals surface area (Å²) in [5.41, 5.74) is 1.26. The summed E-state index contributed by atoms with van der Waals surface area (Å²) < 4.78 is 4.85. The van der Waals surface area contributed by atoms with Crippen LogP contribution in [0.5, 0.6) is 0 Å². The first-order chi connectivity index (χ1) is 10.1. The van der Waals surface area contributed by atoms with Crippen LogP contribution in [0.2, 0.25) is 10.0 Å². The molecule has 1 heterocycles. The number of carbonyl (C=O) groups is 1. The summed E-state index contributed by atoms with van der Waals surface area (Å²) in [4.78, 5) is 19.6. The van der Waals surface area contributed by atoms with Crippen LogP contribution < -0.4 is 5.32 Å². The third-order valence-electron chi connectivity index (χ3n) is 2.60. The van der Waals surface area contributed by atoms with Gasteiger partial charge in [0.1, 0.15) is 0 Å². The van der Waals surface area contributed by atoms with Gasteiger partial charge in [-0.15, -0.1) is 0 Å². The quantitative estimate of drug-likeness (QED) is 0.851. The first-order valence-electron chi connectivity index (χ1n) is 6.27. The molecule has 0 unspecified atom stereocenters. The molecule has 0 fully saturated rings. The molecule has 0 amide bonds. The zero-order chi connectivity index (χ0) is 15.2. The summed E-state index contributed by atoms with van der Waals surface area (Å²) in [5, 5.41) is 4.03. The van der Waals surface area contributed by atoms with Crippen molar-refractivity contribution in [3.8, 4) is 0 Å². The molecule has 1 N–H and O–H groups in total. The lowest BCUT2D eigenvalue weighted by atomic mass is 10.2. The average Bonchev–Trinajstić information content (AvgIpc) is 2.49. The minimum Gasteiger partial charge on any atom is -0.462 e. The molecule has 21 heavy (non-hydrogen) atoms. The lowest BCUT2D eigenvalue weighted by molar-refractivity contribution is 0.0525. The molecule has 1 aromatic carbocycles. The smallest absolute Gasteiger partial charge is 0.341 e. The van der Waals surface area contributed by atoms with Crippen LogP contribution in [-0.4, -0.2) is 22.5 Å². The number of ether oxygens (including phenoxy) is 1. The molecule has 0 saturated carbocycles. The molecule has 5 nitrogen and oxygen atoms in total. The van der Waals surface area contributed by atoms with Gasteiger partial charge in [0.15, 0.2) is 0 Å². The lowest BCUT2D eigenvalue weighted by Gasteiger charge is -2.06. The van der Waals surface area contributed by atoms with Gasteiger partial charge in [-0.1, -0.05) is 29.3 Å². The van der Waals surface area contributed by atoms with E-state index in [1.165, 1.54) is 12.4 Å². The highest BCUT2D eigenvalue weighted by Crippen LogP contribution is 2.22. The maximum absolute atomic E-state index is 11.5. The van der Waals surface area contributed by atoms with Gasteiger partial charge in [-0.2, -0.15) is 0 Å². The number of nitrogens with one attached hydrogen (secondary N) is 1. The Labute approximate surface area is 132 Å². The summed E-state index contributed by atoms with van der Waals surface area (Å²) in [7, 11) is 0. The molecule has 0 bridgehead atoms. The van der Waals surface area contributed by atoms with Crippen LogP contribution in [-0.2, 0) is 11.3 Å². The molecular weight excluding hydrogens is 313 g/mol. The van der Waals surface area contributed by atoms with Crippen LogP contribution in [0, 0.1) is 0 Å². The normalized spacial score (nSPS) is 10.2. The van der Waals surface area contributed by atoms with Crippen molar-refractivity contribution in [2.45, 2.75) is 13.5 Å². The van der Waals surface area contributed by atoms with Gasteiger partial charge in [0.25, 0.3) is 0 Å². The van der Waals surface area contributed by atoms with E-state index in [1.54, 1.807) is 19.1 Å². The predicted molar refractivity (Wildman–Crippen MR) is 81.8 cm³/mol. The molecule has 0 radical (unpaired) electrons. The first-order valence-corrected chi connectivity index (χ1v) is 7.02. The Morgan fingerprint density at radius 2 is 1.95 bits per heavy atom. The fraction of sp³-hybridized carbons (Fsp3) is 0.214. The molecule has 0 aliphatic carbocycles. The van der Waals surface area contributed by atoms with Crippen molar-refractivity contribution in [2.24, 2.45) is 0 Å². The molecular formula is C14H13Cl2N3O2. The average molecular weight is 326 g/mol. The molecule has 2 rings (SSSR count). The van der Waals surface area contributed by atoms with Crippen LogP contribution >= 0.6 is 23.2 Å². The van der Waals surface area contributed by atoms with Gasteiger partial charge in [-0.25, -0.2) is 14.8 Å². The van der Waals surface area contributed by atoms with Crippen LogP contribution in [0.4, 0.5) is 5.95 Å². The van der Waals surface area contributed by atoms with E-state index in [4.69, 9.17) is 27.9 Å². The van der Waals surface area contributed by atoms with Crippen molar-refractivity contribution in [1.82, 2.24) is 9.97 Å². The van der Waals surface area contributed by atoms with Crippen LogP contribution in [0.3, 0.4) is 0 Å². The van der Waals surface area contributed by atoms with E-state index in [1.807, 2.05) is 6.07 Å². The van der Waals surface area contributed by atoms with Gasteiger partial charge in [0, 0.05) is 18.9 Å². The number of esters is 1. The number of halogens is 2. The van der Waals surface area contributed by atoms with E-state index < -0.39 is 5.97 Å². The number of rotatable bonds is 5. The number of benzene rings is 1. The number of aromatic nitrogens is 2. The standard InChI is InChI=1S/C14H13Cl2N3O2/c1-2-21-13(20)10-7-18-14(19-8-10)17-6-9-3-4-11(15)12(16)5-9/h3-5,7-8H,2,6H2,1H3,(H,17,18,19). The fourth-order valence-electron chi connectivity index (χ4n) is 1.57. The number of hydrogen-bond acceptors (Lipinski definition) is 5.